The number of aromatic nitrogens is 2. The van der Waals surface area contributed by atoms with Crippen LogP contribution in [0.1, 0.15) is 43.4 Å². The second kappa shape index (κ2) is 6.31. The summed E-state index contributed by atoms with van der Waals surface area (Å²) in [6.07, 6.45) is 0.958. The number of nitrogens with zero attached hydrogens (tertiary/aromatic N) is 1. The van der Waals surface area contributed by atoms with Gasteiger partial charge in [0.1, 0.15) is 5.15 Å². The van der Waals surface area contributed by atoms with Gasteiger partial charge in [-0.1, -0.05) is 56.6 Å². The van der Waals surface area contributed by atoms with Gasteiger partial charge in [0.05, 0.1) is 12.1 Å². The van der Waals surface area contributed by atoms with Crippen LogP contribution in [0.25, 0.3) is 0 Å². The van der Waals surface area contributed by atoms with E-state index in [9.17, 15) is 9.59 Å². The normalized spacial score (nSPS) is 11.1. The number of hydrogen-bond acceptors (Lipinski definition) is 2. The molecule has 2 rings (SSSR count). The molecule has 4 nitrogen and oxygen atoms in total. The molecule has 0 radical (unpaired) electrons. The Morgan fingerprint density at radius 1 is 1.14 bits per heavy atom. The highest BCUT2D eigenvalue weighted by atomic mass is 35.5. The molecule has 0 amide bonds. The molecular formula is C16H19ClN2O2. The molecular weight excluding hydrogens is 288 g/mol. The van der Waals surface area contributed by atoms with Gasteiger partial charge in [-0.15, -0.1) is 0 Å². The summed E-state index contributed by atoms with van der Waals surface area (Å²) in [5.74, 6) is -0.0458. The molecule has 1 heterocycles. The molecule has 1 aromatic carbocycles. The summed E-state index contributed by atoms with van der Waals surface area (Å²) in [5, 5.41) is 0.137. The number of halogens is 1. The monoisotopic (exact) mass is 306 g/mol. The molecule has 0 bridgehead atoms. The lowest BCUT2D eigenvalue weighted by Crippen LogP contribution is -2.38. The minimum atomic E-state index is -0.478. The quantitative estimate of drug-likeness (QED) is 0.883. The maximum atomic E-state index is 12.4. The minimum absolute atomic E-state index is 0.0458. The van der Waals surface area contributed by atoms with Crippen LogP contribution >= 0.6 is 11.6 Å². The molecule has 21 heavy (non-hydrogen) atoms. The maximum Gasteiger partial charge on any atom is 0.329 e. The molecule has 0 saturated heterocycles. The Morgan fingerprint density at radius 3 is 2.24 bits per heavy atom. The molecule has 0 spiro atoms. The molecule has 0 aliphatic carbocycles. The van der Waals surface area contributed by atoms with Crippen LogP contribution in [-0.4, -0.2) is 9.55 Å². The fourth-order valence-electron chi connectivity index (χ4n) is 2.27. The van der Waals surface area contributed by atoms with Gasteiger partial charge in [0.25, 0.3) is 5.56 Å². The molecule has 0 atom stereocenters. The lowest BCUT2D eigenvalue weighted by molar-refractivity contribution is 0.670. The van der Waals surface area contributed by atoms with Gasteiger partial charge in [-0.05, 0) is 23.5 Å². The van der Waals surface area contributed by atoms with Crippen molar-refractivity contribution in [2.45, 2.75) is 39.7 Å². The Kier molecular flexibility index (Phi) is 4.68. The summed E-state index contributed by atoms with van der Waals surface area (Å²) in [4.78, 5) is 27.0. The van der Waals surface area contributed by atoms with Crippen molar-refractivity contribution in [3.63, 3.8) is 0 Å². The summed E-state index contributed by atoms with van der Waals surface area (Å²) in [6, 6.07) is 7.89. The van der Waals surface area contributed by atoms with Gasteiger partial charge >= 0.3 is 5.69 Å². The van der Waals surface area contributed by atoms with Crippen LogP contribution in [-0.2, 0) is 13.0 Å². The second-order valence-corrected chi connectivity index (χ2v) is 5.75. The van der Waals surface area contributed by atoms with E-state index in [1.165, 1.54) is 10.1 Å². The van der Waals surface area contributed by atoms with Gasteiger partial charge in [-0.2, -0.15) is 0 Å². The van der Waals surface area contributed by atoms with Crippen molar-refractivity contribution >= 4 is 11.6 Å². The van der Waals surface area contributed by atoms with Gasteiger partial charge in [0.15, 0.2) is 0 Å². The zero-order chi connectivity index (χ0) is 15.6. The Bertz CT molecular complexity index is 742. The number of benzene rings is 1. The van der Waals surface area contributed by atoms with Gasteiger partial charge in [-0.3, -0.25) is 14.3 Å². The minimum Gasteiger partial charge on any atom is -0.297 e. The maximum absolute atomic E-state index is 12.4. The number of aromatic amines is 1. The molecule has 1 aromatic heterocycles. The summed E-state index contributed by atoms with van der Waals surface area (Å²) in [7, 11) is 0. The van der Waals surface area contributed by atoms with Gasteiger partial charge in [0.2, 0.25) is 0 Å². The number of hydrogen-bond donors (Lipinski definition) is 1. The Hall–Kier alpha value is -1.81. The number of H-pyrrole nitrogens is 1. The predicted octanol–water partition coefficient (Wildman–Crippen LogP) is 2.92. The van der Waals surface area contributed by atoms with Gasteiger partial charge in [0, 0.05) is 0 Å². The molecule has 2 aromatic rings. The Balaban J connectivity index is 2.46. The first-order valence-corrected chi connectivity index (χ1v) is 7.42. The molecule has 0 aliphatic heterocycles. The van der Waals surface area contributed by atoms with Crippen molar-refractivity contribution in [3.8, 4) is 0 Å². The van der Waals surface area contributed by atoms with E-state index in [2.05, 4.69) is 11.9 Å². The van der Waals surface area contributed by atoms with Crippen molar-refractivity contribution < 1.29 is 0 Å². The summed E-state index contributed by atoms with van der Waals surface area (Å²) < 4.78 is 1.20. The van der Waals surface area contributed by atoms with Crippen LogP contribution in [0.3, 0.4) is 0 Å². The highest BCUT2D eigenvalue weighted by Gasteiger charge is 2.15. The van der Waals surface area contributed by atoms with E-state index in [0.29, 0.717) is 5.56 Å². The van der Waals surface area contributed by atoms with E-state index in [-0.39, 0.29) is 23.2 Å². The van der Waals surface area contributed by atoms with Crippen LogP contribution in [0, 0.1) is 0 Å². The average Bonchev–Trinajstić information content (AvgIpc) is 2.43. The lowest BCUT2D eigenvalue weighted by Gasteiger charge is -2.11. The smallest absolute Gasteiger partial charge is 0.297 e. The Labute approximate surface area is 128 Å². The highest BCUT2D eigenvalue weighted by Crippen LogP contribution is 2.16. The molecule has 0 saturated carbocycles. The zero-order valence-corrected chi connectivity index (χ0v) is 13.2. The van der Waals surface area contributed by atoms with Crippen molar-refractivity contribution in [2.24, 2.45) is 0 Å². The predicted molar refractivity (Wildman–Crippen MR) is 85.3 cm³/mol. The summed E-state index contributed by atoms with van der Waals surface area (Å²) in [6.45, 7) is 6.08. The van der Waals surface area contributed by atoms with Crippen molar-refractivity contribution in [2.75, 3.05) is 0 Å². The van der Waals surface area contributed by atoms with Gasteiger partial charge in [-0.25, -0.2) is 4.79 Å². The van der Waals surface area contributed by atoms with Crippen LogP contribution in [0.15, 0.2) is 33.9 Å². The fraction of sp³-hybridized carbons (Fsp3) is 0.375. The van der Waals surface area contributed by atoms with E-state index in [0.717, 1.165) is 12.0 Å². The van der Waals surface area contributed by atoms with E-state index in [1.807, 2.05) is 38.1 Å². The summed E-state index contributed by atoms with van der Waals surface area (Å²) >= 11 is 5.98. The molecule has 0 unspecified atom stereocenters. The average molecular weight is 307 g/mol. The van der Waals surface area contributed by atoms with Crippen LogP contribution in [0.2, 0.25) is 5.15 Å². The van der Waals surface area contributed by atoms with E-state index < -0.39 is 5.69 Å². The second-order valence-electron chi connectivity index (χ2n) is 5.37. The third-order valence-electron chi connectivity index (χ3n) is 3.52. The molecule has 0 aliphatic rings. The molecule has 0 fully saturated rings. The number of nitrogens with one attached hydrogen (secondary N) is 1. The fourth-order valence-corrected chi connectivity index (χ4v) is 2.65. The van der Waals surface area contributed by atoms with E-state index in [4.69, 9.17) is 11.6 Å². The first kappa shape index (κ1) is 15.6. The Morgan fingerprint density at radius 2 is 1.71 bits per heavy atom. The largest absolute Gasteiger partial charge is 0.329 e. The zero-order valence-electron chi connectivity index (χ0n) is 12.4. The SMILES string of the molecule is CCc1ccc(Cn2c(=O)[nH]c(Cl)c(C(C)C)c2=O)cc1. The van der Waals surface area contributed by atoms with Crippen molar-refractivity contribution in [1.29, 1.82) is 0 Å². The van der Waals surface area contributed by atoms with Crippen molar-refractivity contribution in [1.82, 2.24) is 9.55 Å². The third kappa shape index (κ3) is 3.27. The first-order valence-electron chi connectivity index (χ1n) is 7.04. The molecule has 112 valence electrons. The molecule has 5 heteroatoms. The standard InChI is InChI=1S/C16H19ClN2O2/c1-4-11-5-7-12(8-6-11)9-19-15(20)13(10(2)3)14(17)18-16(19)21/h5-8,10H,4,9H2,1-3H3,(H,18,21). The highest BCUT2D eigenvalue weighted by molar-refractivity contribution is 6.30. The number of aryl methyl sites for hydroxylation is 1. The van der Waals surface area contributed by atoms with Crippen molar-refractivity contribution in [3.05, 3.63) is 66.9 Å². The van der Waals surface area contributed by atoms with E-state index in [1.54, 1.807) is 0 Å². The van der Waals surface area contributed by atoms with Crippen LogP contribution < -0.4 is 11.2 Å². The van der Waals surface area contributed by atoms with Crippen LogP contribution in [0.5, 0.6) is 0 Å². The van der Waals surface area contributed by atoms with Crippen LogP contribution in [0.4, 0.5) is 0 Å². The summed E-state index contributed by atoms with van der Waals surface area (Å²) in [5.41, 5.74) is 1.78. The van der Waals surface area contributed by atoms with E-state index >= 15 is 0 Å². The topological polar surface area (TPSA) is 54.9 Å². The first-order chi connectivity index (χ1) is 9.93. The number of rotatable bonds is 4. The van der Waals surface area contributed by atoms with Gasteiger partial charge < -0.3 is 0 Å². The third-order valence-corrected chi connectivity index (χ3v) is 3.82. The lowest BCUT2D eigenvalue weighted by atomic mass is 10.1. The molecule has 1 N–H and O–H groups in total.